The summed E-state index contributed by atoms with van der Waals surface area (Å²) < 4.78 is 0. The van der Waals surface area contributed by atoms with E-state index in [0.29, 0.717) is 23.3 Å². The quantitative estimate of drug-likeness (QED) is 0.748. The van der Waals surface area contributed by atoms with Gasteiger partial charge in [-0.1, -0.05) is 0 Å². The number of carbonyl (C=O) groups is 2. The Labute approximate surface area is 136 Å². The van der Waals surface area contributed by atoms with Gasteiger partial charge in [-0.15, -0.1) is 0 Å². The summed E-state index contributed by atoms with van der Waals surface area (Å²) in [6.45, 7) is 2.69. The number of hydrogen-bond donors (Lipinski definition) is 2. The van der Waals surface area contributed by atoms with Gasteiger partial charge in [-0.25, -0.2) is 9.86 Å². The molecule has 0 aromatic heterocycles. The molecule has 4 aliphatic rings. The Hall–Kier alpha value is -1.34. The van der Waals surface area contributed by atoms with Gasteiger partial charge in [0.2, 0.25) is 5.91 Å². The van der Waals surface area contributed by atoms with Crippen molar-refractivity contribution in [3.63, 3.8) is 0 Å². The molecule has 7 nitrogen and oxygen atoms in total. The SMILES string of the molecule is CN1C(=O)N(O)CCC[C@H]1C(=O)NC1CC2(C1)CN(C1CC1)C2. The van der Waals surface area contributed by atoms with E-state index in [-0.39, 0.29) is 18.5 Å². The Morgan fingerprint density at radius 3 is 2.61 bits per heavy atom. The van der Waals surface area contributed by atoms with Crippen LogP contribution in [0, 0.1) is 5.41 Å². The Kier molecular flexibility index (Phi) is 3.53. The molecule has 2 saturated carbocycles. The molecule has 7 heteroatoms. The summed E-state index contributed by atoms with van der Waals surface area (Å²) in [7, 11) is 1.59. The monoisotopic (exact) mass is 322 g/mol. The van der Waals surface area contributed by atoms with Crippen molar-refractivity contribution in [2.24, 2.45) is 5.41 Å². The van der Waals surface area contributed by atoms with Crippen molar-refractivity contribution < 1.29 is 14.8 Å². The van der Waals surface area contributed by atoms with Crippen LogP contribution in [0.2, 0.25) is 0 Å². The fourth-order valence-corrected chi connectivity index (χ4v) is 4.50. The van der Waals surface area contributed by atoms with E-state index in [1.54, 1.807) is 7.05 Å². The lowest BCUT2D eigenvalue weighted by Gasteiger charge is -2.59. The molecule has 2 aliphatic heterocycles. The van der Waals surface area contributed by atoms with Crippen LogP contribution in [-0.4, -0.2) is 76.8 Å². The van der Waals surface area contributed by atoms with Crippen LogP contribution in [0.3, 0.4) is 0 Å². The van der Waals surface area contributed by atoms with Crippen molar-refractivity contribution in [3.05, 3.63) is 0 Å². The van der Waals surface area contributed by atoms with Crippen LogP contribution in [0.5, 0.6) is 0 Å². The van der Waals surface area contributed by atoms with Gasteiger partial charge in [-0.3, -0.25) is 14.9 Å². The molecule has 128 valence electrons. The summed E-state index contributed by atoms with van der Waals surface area (Å²) in [6, 6.07) is 0.134. The van der Waals surface area contributed by atoms with Crippen molar-refractivity contribution >= 4 is 11.9 Å². The van der Waals surface area contributed by atoms with Crippen LogP contribution in [0.25, 0.3) is 0 Å². The predicted octanol–water partition coefficient (Wildman–Crippen LogP) is 0.635. The molecule has 3 amide bonds. The molecular formula is C16H26N4O3. The van der Waals surface area contributed by atoms with Crippen LogP contribution in [0.1, 0.15) is 38.5 Å². The molecule has 0 bridgehead atoms. The number of rotatable bonds is 3. The normalized spacial score (nSPS) is 31.6. The number of hydrogen-bond acceptors (Lipinski definition) is 4. The van der Waals surface area contributed by atoms with Crippen LogP contribution >= 0.6 is 0 Å². The highest BCUT2D eigenvalue weighted by Gasteiger charge is 2.55. The molecule has 4 rings (SSSR count). The number of hydroxylamine groups is 2. The van der Waals surface area contributed by atoms with Gasteiger partial charge in [0.05, 0.1) is 6.54 Å². The second-order valence-electron chi connectivity index (χ2n) is 7.92. The number of amides is 3. The van der Waals surface area contributed by atoms with Gasteiger partial charge in [0.1, 0.15) is 6.04 Å². The van der Waals surface area contributed by atoms with Crippen molar-refractivity contribution in [2.75, 3.05) is 26.7 Å². The molecule has 1 atom stereocenters. The van der Waals surface area contributed by atoms with Crippen molar-refractivity contribution in [3.8, 4) is 0 Å². The van der Waals surface area contributed by atoms with Crippen LogP contribution < -0.4 is 5.32 Å². The van der Waals surface area contributed by atoms with E-state index in [9.17, 15) is 14.8 Å². The Balaban J connectivity index is 1.26. The maximum atomic E-state index is 12.5. The Morgan fingerprint density at radius 1 is 1.26 bits per heavy atom. The van der Waals surface area contributed by atoms with Gasteiger partial charge < -0.3 is 10.2 Å². The van der Waals surface area contributed by atoms with Gasteiger partial charge in [0.25, 0.3) is 0 Å². The molecule has 2 aliphatic carbocycles. The van der Waals surface area contributed by atoms with E-state index >= 15 is 0 Å². The number of carbonyl (C=O) groups excluding carboxylic acids is 2. The molecule has 2 N–H and O–H groups in total. The summed E-state index contributed by atoms with van der Waals surface area (Å²) in [5, 5.41) is 13.4. The van der Waals surface area contributed by atoms with Gasteiger partial charge in [0.15, 0.2) is 0 Å². The molecule has 4 fully saturated rings. The highest BCUT2D eigenvalue weighted by atomic mass is 16.5. The lowest BCUT2D eigenvalue weighted by Crippen LogP contribution is -2.67. The number of likely N-dealkylation sites (N-methyl/N-ethyl adjacent to an activating group) is 1. The van der Waals surface area contributed by atoms with Gasteiger partial charge >= 0.3 is 6.03 Å². The van der Waals surface area contributed by atoms with Crippen molar-refractivity contribution in [1.82, 2.24) is 20.2 Å². The summed E-state index contributed by atoms with van der Waals surface area (Å²) in [4.78, 5) is 28.3. The average molecular weight is 322 g/mol. The minimum absolute atomic E-state index is 0.0747. The minimum Gasteiger partial charge on any atom is -0.352 e. The zero-order chi connectivity index (χ0) is 16.2. The molecule has 1 spiro atoms. The third-order valence-electron chi connectivity index (χ3n) is 5.99. The molecule has 0 unspecified atom stereocenters. The first-order chi connectivity index (χ1) is 11.0. The smallest absolute Gasteiger partial charge is 0.344 e. The highest BCUT2D eigenvalue weighted by Crippen LogP contribution is 2.51. The third-order valence-corrected chi connectivity index (χ3v) is 5.99. The van der Waals surface area contributed by atoms with Crippen LogP contribution in [-0.2, 0) is 4.79 Å². The summed E-state index contributed by atoms with van der Waals surface area (Å²) in [5.74, 6) is -0.0747. The second kappa shape index (κ2) is 5.34. The molecule has 23 heavy (non-hydrogen) atoms. The zero-order valence-electron chi connectivity index (χ0n) is 13.7. The predicted molar refractivity (Wildman–Crippen MR) is 82.9 cm³/mol. The van der Waals surface area contributed by atoms with Gasteiger partial charge in [-0.2, -0.15) is 0 Å². The number of urea groups is 1. The number of nitrogens with one attached hydrogen (secondary N) is 1. The minimum atomic E-state index is -0.494. The summed E-state index contributed by atoms with van der Waals surface area (Å²) >= 11 is 0. The highest BCUT2D eigenvalue weighted by molar-refractivity contribution is 5.87. The van der Waals surface area contributed by atoms with Gasteiger partial charge in [-0.05, 0) is 43.9 Å². The second-order valence-corrected chi connectivity index (χ2v) is 7.92. The van der Waals surface area contributed by atoms with Crippen LogP contribution in [0.4, 0.5) is 4.79 Å². The lowest BCUT2D eigenvalue weighted by atomic mass is 9.60. The topological polar surface area (TPSA) is 76.1 Å². The number of likely N-dealkylation sites (tertiary alicyclic amines) is 1. The molecule has 2 saturated heterocycles. The van der Waals surface area contributed by atoms with Crippen LogP contribution in [0.15, 0.2) is 0 Å². The Bertz CT molecular complexity index is 507. The summed E-state index contributed by atoms with van der Waals surface area (Å²) in [5.41, 5.74) is 0.452. The molecule has 0 radical (unpaired) electrons. The molecule has 0 aromatic rings. The van der Waals surface area contributed by atoms with E-state index in [4.69, 9.17) is 0 Å². The molecule has 0 aromatic carbocycles. The van der Waals surface area contributed by atoms with E-state index in [1.165, 1.54) is 30.8 Å². The average Bonchev–Trinajstić information content (AvgIpc) is 3.26. The van der Waals surface area contributed by atoms with E-state index < -0.39 is 12.1 Å². The maximum absolute atomic E-state index is 12.5. The fourth-order valence-electron chi connectivity index (χ4n) is 4.50. The first-order valence-electron chi connectivity index (χ1n) is 8.75. The van der Waals surface area contributed by atoms with E-state index in [2.05, 4.69) is 10.2 Å². The van der Waals surface area contributed by atoms with E-state index in [0.717, 1.165) is 18.9 Å². The Morgan fingerprint density at radius 2 is 1.96 bits per heavy atom. The lowest BCUT2D eigenvalue weighted by molar-refractivity contribution is -0.131. The first kappa shape index (κ1) is 15.2. The molecule has 2 heterocycles. The standard InChI is InChI=1S/C16H26N4O3/c1-18-13(3-2-6-20(23)15(18)22)14(21)17-11-7-16(8-11)9-19(10-16)12-4-5-12/h11-13,23H,2-10H2,1H3,(H,17,21)/t13-/m0/s1. The van der Waals surface area contributed by atoms with Gasteiger partial charge in [0, 0.05) is 32.2 Å². The number of nitrogens with zero attached hydrogens (tertiary/aromatic N) is 3. The summed E-state index contributed by atoms with van der Waals surface area (Å²) in [6.07, 6.45) is 6.09. The maximum Gasteiger partial charge on any atom is 0.344 e. The largest absolute Gasteiger partial charge is 0.352 e. The zero-order valence-corrected chi connectivity index (χ0v) is 13.7. The third kappa shape index (κ3) is 2.70. The first-order valence-corrected chi connectivity index (χ1v) is 8.75. The van der Waals surface area contributed by atoms with Crippen molar-refractivity contribution in [1.29, 1.82) is 0 Å². The fraction of sp³-hybridized carbons (Fsp3) is 0.875. The molecular weight excluding hydrogens is 296 g/mol. The van der Waals surface area contributed by atoms with Crippen molar-refractivity contribution in [2.45, 2.75) is 56.7 Å². The van der Waals surface area contributed by atoms with E-state index in [1.807, 2.05) is 0 Å².